The minimum absolute atomic E-state index is 0.414. The van der Waals surface area contributed by atoms with Gasteiger partial charge >= 0.3 is 0 Å². The highest BCUT2D eigenvalue weighted by atomic mass is 35.5. The summed E-state index contributed by atoms with van der Waals surface area (Å²) in [5.74, 6) is 0.672. The summed E-state index contributed by atoms with van der Waals surface area (Å²) in [4.78, 5) is 2.65. The highest BCUT2D eigenvalue weighted by molar-refractivity contribution is 6.20. The first kappa shape index (κ1) is 11.7. The van der Waals surface area contributed by atoms with E-state index in [1.807, 2.05) is 0 Å². The van der Waals surface area contributed by atoms with Gasteiger partial charge in [0.05, 0.1) is 0 Å². The Kier molecular flexibility index (Phi) is 3.62. The van der Waals surface area contributed by atoms with E-state index in [2.05, 4.69) is 18.7 Å². The van der Waals surface area contributed by atoms with Gasteiger partial charge in [-0.1, -0.05) is 26.7 Å². The van der Waals surface area contributed by atoms with Crippen LogP contribution in [0.3, 0.4) is 0 Å². The molecule has 0 bridgehead atoms. The van der Waals surface area contributed by atoms with Gasteiger partial charge in [0.2, 0.25) is 0 Å². The Morgan fingerprint density at radius 1 is 1.33 bits per heavy atom. The molecule has 0 amide bonds. The molecule has 0 spiro atoms. The van der Waals surface area contributed by atoms with E-state index < -0.39 is 0 Å². The molecule has 0 radical (unpaired) electrons. The Morgan fingerprint density at radius 2 is 2.00 bits per heavy atom. The van der Waals surface area contributed by atoms with E-state index in [4.69, 9.17) is 11.6 Å². The van der Waals surface area contributed by atoms with Crippen LogP contribution in [0.4, 0.5) is 0 Å². The number of alkyl halides is 1. The summed E-state index contributed by atoms with van der Waals surface area (Å²) in [5, 5.41) is 0.414. The first-order valence-electron chi connectivity index (χ1n) is 6.45. The average molecular weight is 230 g/mol. The summed E-state index contributed by atoms with van der Waals surface area (Å²) >= 11 is 6.26. The predicted molar refractivity (Wildman–Crippen MR) is 66.4 cm³/mol. The smallest absolute Gasteiger partial charge is 0.0386 e. The largest absolute Gasteiger partial charge is 0.302 e. The van der Waals surface area contributed by atoms with Gasteiger partial charge in [0, 0.05) is 18.5 Å². The maximum absolute atomic E-state index is 6.26. The van der Waals surface area contributed by atoms with Crippen molar-refractivity contribution in [2.45, 2.75) is 51.3 Å². The third-order valence-electron chi connectivity index (χ3n) is 4.30. The standard InChI is InChI=1S/C13H24ClN/c1-11-9-15(8-5-12(11)14)10-13(2)6-3-4-7-13/h11-12H,3-10H2,1-2H3. The molecular formula is C13H24ClN. The Hall–Kier alpha value is 0.250. The molecule has 1 saturated heterocycles. The van der Waals surface area contributed by atoms with Crippen LogP contribution < -0.4 is 0 Å². The second-order valence-electron chi connectivity index (χ2n) is 6.03. The Balaban J connectivity index is 1.84. The van der Waals surface area contributed by atoms with Gasteiger partial charge in [0.1, 0.15) is 0 Å². The van der Waals surface area contributed by atoms with Crippen molar-refractivity contribution in [2.24, 2.45) is 11.3 Å². The zero-order valence-electron chi connectivity index (χ0n) is 10.1. The summed E-state index contributed by atoms with van der Waals surface area (Å²) < 4.78 is 0. The zero-order chi connectivity index (χ0) is 10.9. The van der Waals surface area contributed by atoms with Crippen molar-refractivity contribution >= 4 is 11.6 Å². The third kappa shape index (κ3) is 2.88. The number of likely N-dealkylation sites (tertiary alicyclic amines) is 1. The number of nitrogens with zero attached hydrogens (tertiary/aromatic N) is 1. The molecule has 0 aromatic heterocycles. The molecule has 2 atom stereocenters. The summed E-state index contributed by atoms with van der Waals surface area (Å²) in [7, 11) is 0. The van der Waals surface area contributed by atoms with Gasteiger partial charge in [-0.25, -0.2) is 0 Å². The van der Waals surface area contributed by atoms with Crippen LogP contribution >= 0.6 is 11.6 Å². The molecule has 2 fully saturated rings. The van der Waals surface area contributed by atoms with Gasteiger partial charge in [0.25, 0.3) is 0 Å². The minimum atomic E-state index is 0.414. The molecule has 1 saturated carbocycles. The Labute approximate surface area is 99.2 Å². The molecule has 2 rings (SSSR count). The molecule has 1 heterocycles. The normalized spacial score (nSPS) is 37.0. The second kappa shape index (κ2) is 4.63. The number of piperidine rings is 1. The number of rotatable bonds is 2. The van der Waals surface area contributed by atoms with Crippen molar-refractivity contribution in [1.82, 2.24) is 4.90 Å². The summed E-state index contributed by atoms with van der Waals surface area (Å²) in [6.45, 7) is 8.50. The van der Waals surface area contributed by atoms with Gasteiger partial charge in [-0.05, 0) is 37.1 Å². The fourth-order valence-corrected chi connectivity index (χ4v) is 3.45. The van der Waals surface area contributed by atoms with Crippen molar-refractivity contribution in [3.05, 3.63) is 0 Å². The molecule has 88 valence electrons. The lowest BCUT2D eigenvalue weighted by molar-refractivity contribution is 0.121. The quantitative estimate of drug-likeness (QED) is 0.655. The average Bonchev–Trinajstić information content (AvgIpc) is 2.59. The van der Waals surface area contributed by atoms with Gasteiger partial charge in [-0.3, -0.25) is 0 Å². The first-order chi connectivity index (χ1) is 7.09. The Morgan fingerprint density at radius 3 is 2.60 bits per heavy atom. The molecule has 0 aromatic rings. The van der Waals surface area contributed by atoms with E-state index >= 15 is 0 Å². The lowest BCUT2D eigenvalue weighted by Crippen LogP contribution is -2.44. The van der Waals surface area contributed by atoms with Gasteiger partial charge in [-0.15, -0.1) is 11.6 Å². The molecule has 0 aromatic carbocycles. The van der Waals surface area contributed by atoms with Crippen LogP contribution in [0.1, 0.15) is 46.0 Å². The first-order valence-corrected chi connectivity index (χ1v) is 6.89. The van der Waals surface area contributed by atoms with Crippen LogP contribution in [-0.4, -0.2) is 29.9 Å². The monoisotopic (exact) mass is 229 g/mol. The maximum atomic E-state index is 6.26. The topological polar surface area (TPSA) is 3.24 Å². The van der Waals surface area contributed by atoms with Crippen molar-refractivity contribution < 1.29 is 0 Å². The van der Waals surface area contributed by atoms with Crippen LogP contribution in [0.5, 0.6) is 0 Å². The summed E-state index contributed by atoms with van der Waals surface area (Å²) in [6, 6.07) is 0. The SMILES string of the molecule is CC1CN(CC2(C)CCCC2)CCC1Cl. The molecule has 1 aliphatic carbocycles. The molecule has 0 N–H and O–H groups in total. The maximum Gasteiger partial charge on any atom is 0.0386 e. The summed E-state index contributed by atoms with van der Waals surface area (Å²) in [6.07, 6.45) is 6.93. The van der Waals surface area contributed by atoms with Crippen molar-refractivity contribution in [3.8, 4) is 0 Å². The van der Waals surface area contributed by atoms with Crippen molar-refractivity contribution in [3.63, 3.8) is 0 Å². The lowest BCUT2D eigenvalue weighted by atomic mass is 9.87. The number of hydrogen-bond donors (Lipinski definition) is 0. The summed E-state index contributed by atoms with van der Waals surface area (Å²) in [5.41, 5.74) is 0.610. The molecule has 2 heteroatoms. The van der Waals surface area contributed by atoms with Crippen LogP contribution in [-0.2, 0) is 0 Å². The fraction of sp³-hybridized carbons (Fsp3) is 1.00. The van der Waals surface area contributed by atoms with E-state index in [1.54, 1.807) is 0 Å². The van der Waals surface area contributed by atoms with Gasteiger partial charge < -0.3 is 4.90 Å². The molecule has 1 nitrogen and oxygen atoms in total. The van der Waals surface area contributed by atoms with E-state index in [0.717, 1.165) is 0 Å². The molecule has 1 aliphatic heterocycles. The van der Waals surface area contributed by atoms with E-state index in [0.29, 0.717) is 16.7 Å². The predicted octanol–water partition coefficient (Wildman–Crippen LogP) is 3.52. The highest BCUT2D eigenvalue weighted by Crippen LogP contribution is 2.39. The number of hydrogen-bond acceptors (Lipinski definition) is 1. The highest BCUT2D eigenvalue weighted by Gasteiger charge is 2.33. The molecule has 2 unspecified atom stereocenters. The molecule has 2 aliphatic rings. The second-order valence-corrected chi connectivity index (χ2v) is 6.60. The van der Waals surface area contributed by atoms with Crippen molar-refractivity contribution in [2.75, 3.05) is 19.6 Å². The van der Waals surface area contributed by atoms with E-state index in [-0.39, 0.29) is 0 Å². The van der Waals surface area contributed by atoms with Crippen LogP contribution in [0.25, 0.3) is 0 Å². The van der Waals surface area contributed by atoms with Crippen LogP contribution in [0.15, 0.2) is 0 Å². The van der Waals surface area contributed by atoms with E-state index in [1.165, 1.54) is 51.7 Å². The Bertz CT molecular complexity index is 211. The van der Waals surface area contributed by atoms with Gasteiger partial charge in [0.15, 0.2) is 0 Å². The fourth-order valence-electron chi connectivity index (χ4n) is 3.27. The van der Waals surface area contributed by atoms with Gasteiger partial charge in [-0.2, -0.15) is 0 Å². The number of halogens is 1. The zero-order valence-corrected chi connectivity index (χ0v) is 10.9. The van der Waals surface area contributed by atoms with E-state index in [9.17, 15) is 0 Å². The van der Waals surface area contributed by atoms with Crippen molar-refractivity contribution in [1.29, 1.82) is 0 Å². The molecular weight excluding hydrogens is 206 g/mol. The van der Waals surface area contributed by atoms with Crippen LogP contribution in [0.2, 0.25) is 0 Å². The van der Waals surface area contributed by atoms with Crippen LogP contribution in [0, 0.1) is 11.3 Å². The minimum Gasteiger partial charge on any atom is -0.302 e. The lowest BCUT2D eigenvalue weighted by Gasteiger charge is -2.38. The molecule has 15 heavy (non-hydrogen) atoms. The third-order valence-corrected chi connectivity index (χ3v) is 4.95.